The van der Waals surface area contributed by atoms with Crippen LogP contribution in [-0.4, -0.2) is 48.7 Å². The molecule has 1 fully saturated rings. The van der Waals surface area contributed by atoms with Gasteiger partial charge in [0.1, 0.15) is 5.82 Å². The first kappa shape index (κ1) is 34.9. The first-order chi connectivity index (χ1) is 21.8. The van der Waals surface area contributed by atoms with Gasteiger partial charge in [-0.3, -0.25) is 0 Å². The molecule has 9 nitrogen and oxygen atoms in total. The van der Waals surface area contributed by atoms with Gasteiger partial charge in [0, 0.05) is 29.2 Å². The highest BCUT2D eigenvalue weighted by Gasteiger charge is 2.38. The summed E-state index contributed by atoms with van der Waals surface area (Å²) in [5.74, 6) is -0.548. The van der Waals surface area contributed by atoms with Gasteiger partial charge in [-0.1, -0.05) is 42.8 Å². The van der Waals surface area contributed by atoms with E-state index >= 15 is 0 Å². The zero-order valence-electron chi connectivity index (χ0n) is 25.0. The van der Waals surface area contributed by atoms with Crippen molar-refractivity contribution < 1.29 is 31.5 Å². The van der Waals surface area contributed by atoms with Gasteiger partial charge in [-0.05, 0) is 98.0 Å². The number of nitrogens with one attached hydrogen (secondary N) is 3. The molecule has 0 unspecified atom stereocenters. The number of aryl methyl sites for hydroxylation is 1. The summed E-state index contributed by atoms with van der Waals surface area (Å²) in [6.07, 6.45) is -0.0550. The van der Waals surface area contributed by atoms with E-state index < -0.39 is 22.2 Å². The molecule has 0 spiro atoms. The second-order valence-corrected chi connectivity index (χ2v) is 13.2. The molecule has 4 aromatic rings. The number of carboxylic acids is 1. The zero-order chi connectivity index (χ0) is 33.3. The Labute approximate surface area is 270 Å². The normalized spacial score (nSPS) is 16.7. The van der Waals surface area contributed by atoms with Crippen molar-refractivity contribution in [1.29, 1.82) is 0 Å². The molecule has 0 bridgehead atoms. The molecule has 246 valence electrons. The number of para-hydroxylation sites is 1. The molecule has 3 aromatic carbocycles. The van der Waals surface area contributed by atoms with E-state index in [0.717, 1.165) is 61.1 Å². The predicted molar refractivity (Wildman–Crippen MR) is 173 cm³/mol. The summed E-state index contributed by atoms with van der Waals surface area (Å²) in [4.78, 5) is 18.7. The van der Waals surface area contributed by atoms with E-state index in [4.69, 9.17) is 31.5 Å². The molecule has 5 rings (SSSR count). The van der Waals surface area contributed by atoms with Gasteiger partial charge in [0.15, 0.2) is 0 Å². The van der Waals surface area contributed by atoms with Crippen LogP contribution < -0.4 is 15.4 Å². The zero-order valence-corrected chi connectivity index (χ0v) is 26.6. The van der Waals surface area contributed by atoms with Gasteiger partial charge in [-0.2, -0.15) is 18.2 Å². The van der Waals surface area contributed by atoms with E-state index in [1.165, 1.54) is 17.7 Å². The summed E-state index contributed by atoms with van der Waals surface area (Å²) >= 11 is 5.88. The number of hydrogen-bond acceptors (Lipinski definition) is 7. The predicted octanol–water partition coefficient (Wildman–Crippen LogP) is 7.42. The summed E-state index contributed by atoms with van der Waals surface area (Å²) in [6.45, 7) is 3.38. The van der Waals surface area contributed by atoms with Gasteiger partial charge in [0.2, 0.25) is 16.0 Å². The number of carboxylic acid groups (broad SMARTS) is 1. The summed E-state index contributed by atoms with van der Waals surface area (Å²) in [7, 11) is -3.53. The highest BCUT2D eigenvalue weighted by atomic mass is 35.5. The van der Waals surface area contributed by atoms with E-state index in [9.17, 15) is 21.6 Å². The van der Waals surface area contributed by atoms with Gasteiger partial charge in [0.25, 0.3) is 0 Å². The average Bonchev–Trinajstić information content (AvgIpc) is 3.04. The van der Waals surface area contributed by atoms with E-state index in [1.807, 2.05) is 24.3 Å². The number of benzene rings is 3. The number of alkyl halides is 3. The Kier molecular flexibility index (Phi) is 11.8. The maximum atomic E-state index is 12.6. The quantitative estimate of drug-likeness (QED) is 0.136. The lowest BCUT2D eigenvalue weighted by molar-refractivity contribution is -0.192. The maximum absolute atomic E-state index is 12.6. The first-order valence-corrected chi connectivity index (χ1v) is 16.6. The van der Waals surface area contributed by atoms with Crippen LogP contribution in [0, 0.1) is 11.8 Å². The maximum Gasteiger partial charge on any atom is 0.490 e. The summed E-state index contributed by atoms with van der Waals surface area (Å²) in [6, 6.07) is 22.7. The Bertz CT molecular complexity index is 1720. The minimum Gasteiger partial charge on any atom is -0.475 e. The number of nitrogens with zero attached hydrogens (tertiary/aromatic N) is 2. The molecule has 4 N–H and O–H groups in total. The third-order valence-corrected chi connectivity index (χ3v) is 9.36. The van der Waals surface area contributed by atoms with Crippen LogP contribution in [0.1, 0.15) is 38.2 Å². The molecule has 0 amide bonds. The lowest BCUT2D eigenvalue weighted by atomic mass is 9.82. The molecular formula is C32H35ClF3N5O4S. The van der Waals surface area contributed by atoms with Gasteiger partial charge < -0.3 is 15.7 Å². The van der Waals surface area contributed by atoms with Gasteiger partial charge in [0.05, 0.1) is 10.4 Å². The summed E-state index contributed by atoms with van der Waals surface area (Å²) in [5.41, 5.74) is 3.18. The number of rotatable bonds is 10. The Morgan fingerprint density at radius 2 is 1.50 bits per heavy atom. The van der Waals surface area contributed by atoms with Gasteiger partial charge >= 0.3 is 12.1 Å². The van der Waals surface area contributed by atoms with E-state index in [0.29, 0.717) is 29.4 Å². The average molecular weight is 678 g/mol. The standard InChI is InChI=1S/C30H34ClN5O2S.C2HF3O2/c1-2-21-11-15-25(16-12-21)34-29-27-5-3-4-6-28(27)35-30(36-29)32-19-22-7-9-23(10-8-22)20-33-39(37,38)26-17-13-24(31)14-18-26;3-2(4,5)1(6)7/h3-6,11-18,22-23,33H,2,7-10,19-20H2,1H3,(H2,32,34,35,36);(H,6,7). The molecule has 0 aliphatic heterocycles. The molecule has 1 aliphatic rings. The Balaban J connectivity index is 0.000000617. The van der Waals surface area contributed by atoms with Crippen LogP contribution in [0.25, 0.3) is 10.9 Å². The second kappa shape index (κ2) is 15.6. The molecule has 1 heterocycles. The van der Waals surface area contributed by atoms with Crippen molar-refractivity contribution in [1.82, 2.24) is 14.7 Å². The fraction of sp³-hybridized carbons (Fsp3) is 0.344. The number of fused-ring (bicyclic) bond motifs is 1. The van der Waals surface area contributed by atoms with Crippen molar-refractivity contribution in [2.24, 2.45) is 11.8 Å². The van der Waals surface area contributed by atoms with Crippen LogP contribution >= 0.6 is 11.6 Å². The molecule has 0 radical (unpaired) electrons. The molecule has 0 saturated heterocycles. The number of anilines is 3. The van der Waals surface area contributed by atoms with Crippen molar-refractivity contribution in [2.45, 2.75) is 50.1 Å². The Hall–Kier alpha value is -3.94. The van der Waals surface area contributed by atoms with E-state index in [1.54, 1.807) is 12.1 Å². The number of aromatic nitrogens is 2. The van der Waals surface area contributed by atoms with Crippen LogP contribution in [0.4, 0.5) is 30.6 Å². The van der Waals surface area contributed by atoms with Crippen molar-refractivity contribution in [3.8, 4) is 0 Å². The fourth-order valence-electron chi connectivity index (χ4n) is 5.01. The van der Waals surface area contributed by atoms with Crippen LogP contribution in [0.2, 0.25) is 5.02 Å². The highest BCUT2D eigenvalue weighted by molar-refractivity contribution is 7.89. The lowest BCUT2D eigenvalue weighted by Crippen LogP contribution is -2.32. The lowest BCUT2D eigenvalue weighted by Gasteiger charge is -2.28. The summed E-state index contributed by atoms with van der Waals surface area (Å²) in [5, 5.41) is 15.6. The molecule has 1 aromatic heterocycles. The van der Waals surface area contributed by atoms with E-state index in [-0.39, 0.29) is 4.90 Å². The van der Waals surface area contributed by atoms with Crippen molar-refractivity contribution >= 4 is 56.0 Å². The van der Waals surface area contributed by atoms with Crippen molar-refractivity contribution in [2.75, 3.05) is 23.7 Å². The summed E-state index contributed by atoms with van der Waals surface area (Å²) < 4.78 is 59.7. The minimum absolute atomic E-state index is 0.243. The molecule has 0 atom stereocenters. The minimum atomic E-state index is -5.08. The first-order valence-electron chi connectivity index (χ1n) is 14.8. The van der Waals surface area contributed by atoms with Crippen LogP contribution in [0.15, 0.2) is 77.7 Å². The monoisotopic (exact) mass is 677 g/mol. The largest absolute Gasteiger partial charge is 0.490 e. The topological polar surface area (TPSA) is 133 Å². The highest BCUT2D eigenvalue weighted by Crippen LogP contribution is 2.30. The van der Waals surface area contributed by atoms with Crippen LogP contribution in [0.5, 0.6) is 0 Å². The Morgan fingerprint density at radius 3 is 2.09 bits per heavy atom. The number of halogens is 4. The second-order valence-electron chi connectivity index (χ2n) is 11.0. The molecule has 46 heavy (non-hydrogen) atoms. The van der Waals surface area contributed by atoms with Gasteiger partial charge in [-0.25, -0.2) is 22.9 Å². The third kappa shape index (κ3) is 10.0. The molecule has 1 saturated carbocycles. The SMILES string of the molecule is CCc1ccc(Nc2nc(NCC3CCC(CNS(=O)(=O)c4ccc(Cl)cc4)CC3)nc3ccccc23)cc1.O=C(O)C(F)(F)F. The fourth-order valence-corrected chi connectivity index (χ4v) is 6.25. The van der Waals surface area contributed by atoms with Crippen molar-refractivity contribution in [3.05, 3.63) is 83.4 Å². The van der Waals surface area contributed by atoms with Crippen LogP contribution in [-0.2, 0) is 21.2 Å². The van der Waals surface area contributed by atoms with Crippen LogP contribution in [0.3, 0.4) is 0 Å². The molecular weight excluding hydrogens is 643 g/mol. The number of carbonyl (C=O) groups is 1. The Morgan fingerprint density at radius 1 is 0.913 bits per heavy atom. The van der Waals surface area contributed by atoms with Gasteiger partial charge in [-0.15, -0.1) is 0 Å². The number of sulfonamides is 1. The third-order valence-electron chi connectivity index (χ3n) is 7.67. The van der Waals surface area contributed by atoms with E-state index in [2.05, 4.69) is 46.5 Å². The number of hydrogen-bond donors (Lipinski definition) is 4. The smallest absolute Gasteiger partial charge is 0.475 e. The number of aliphatic carboxylic acids is 1. The molecule has 14 heteroatoms. The van der Waals surface area contributed by atoms with Crippen molar-refractivity contribution in [3.63, 3.8) is 0 Å². The molecule has 1 aliphatic carbocycles.